The summed E-state index contributed by atoms with van der Waals surface area (Å²) in [6, 6.07) is 8.24. The molecule has 1 unspecified atom stereocenters. The van der Waals surface area contributed by atoms with Gasteiger partial charge in [-0.05, 0) is 30.2 Å². The number of hydrogen-bond acceptors (Lipinski definition) is 9. The van der Waals surface area contributed by atoms with Gasteiger partial charge in [-0.1, -0.05) is 32.8 Å². The van der Waals surface area contributed by atoms with Gasteiger partial charge in [0.05, 0.1) is 19.2 Å². The van der Waals surface area contributed by atoms with E-state index in [9.17, 15) is 14.4 Å². The molecule has 0 saturated carbocycles. The van der Waals surface area contributed by atoms with Crippen molar-refractivity contribution < 1.29 is 19.1 Å². The molecule has 2 saturated heterocycles. The van der Waals surface area contributed by atoms with Crippen LogP contribution < -0.4 is 15.8 Å². The number of nitrogens with one attached hydrogen (secondary N) is 1. The minimum absolute atomic E-state index is 0.0135. The highest BCUT2D eigenvalue weighted by molar-refractivity contribution is 6.03. The summed E-state index contributed by atoms with van der Waals surface area (Å²) in [6.45, 7) is 9.00. The molecule has 0 radical (unpaired) electrons. The summed E-state index contributed by atoms with van der Waals surface area (Å²) in [5, 5.41) is 3.46. The predicted octanol–water partition coefficient (Wildman–Crippen LogP) is 3.10. The van der Waals surface area contributed by atoms with E-state index < -0.39 is 0 Å². The summed E-state index contributed by atoms with van der Waals surface area (Å²) in [5.41, 5.74) is 9.93. The molecule has 12 nitrogen and oxygen atoms in total. The molecule has 2 aliphatic rings. The number of amides is 3. The van der Waals surface area contributed by atoms with E-state index in [0.717, 1.165) is 79.2 Å². The second-order valence-corrected chi connectivity index (χ2v) is 11.8. The predicted molar refractivity (Wildman–Crippen MR) is 169 cm³/mol. The van der Waals surface area contributed by atoms with Crippen molar-refractivity contribution in [2.75, 3.05) is 57.4 Å². The van der Waals surface area contributed by atoms with Gasteiger partial charge in [0.2, 0.25) is 23.7 Å². The molecule has 0 spiro atoms. The maximum absolute atomic E-state index is 12.8. The maximum Gasteiger partial charge on any atom is 0.232 e. The summed E-state index contributed by atoms with van der Waals surface area (Å²) < 4.78 is 7.86. The highest BCUT2D eigenvalue weighted by Gasteiger charge is 2.35. The van der Waals surface area contributed by atoms with Crippen LogP contribution in [0.2, 0.25) is 0 Å². The Kier molecular flexibility index (Phi) is 9.99. The summed E-state index contributed by atoms with van der Waals surface area (Å²) in [7, 11) is 1.68. The molecule has 5 rings (SSSR count). The molecule has 1 aromatic carbocycles. The van der Waals surface area contributed by atoms with Crippen LogP contribution in [0.3, 0.4) is 0 Å². The van der Waals surface area contributed by atoms with E-state index in [0.29, 0.717) is 19.6 Å². The molecule has 2 aliphatic heterocycles. The van der Waals surface area contributed by atoms with Gasteiger partial charge in [0.1, 0.15) is 11.3 Å². The van der Waals surface area contributed by atoms with Gasteiger partial charge in [-0.25, -0.2) is 4.98 Å². The van der Waals surface area contributed by atoms with Crippen LogP contribution in [-0.4, -0.2) is 93.3 Å². The number of anilines is 2. The third-order valence-electron chi connectivity index (χ3n) is 8.54. The Labute approximate surface area is 258 Å². The number of benzene rings is 1. The Morgan fingerprint density at radius 2 is 1.89 bits per heavy atom. The van der Waals surface area contributed by atoms with Gasteiger partial charge in [-0.2, -0.15) is 4.98 Å². The molecule has 2 aromatic heterocycles. The number of hydrogen-bond donors (Lipinski definition) is 2. The molecular weight excluding hydrogens is 560 g/mol. The Balaban J connectivity index is 1.20. The van der Waals surface area contributed by atoms with Crippen LogP contribution in [0.5, 0.6) is 5.75 Å². The fraction of sp³-hybridized carbons (Fsp3) is 0.531. The van der Waals surface area contributed by atoms with Crippen LogP contribution in [0, 0.1) is 5.92 Å². The molecule has 3 amide bonds. The molecule has 44 heavy (non-hydrogen) atoms. The number of rotatable bonds is 13. The lowest BCUT2D eigenvalue weighted by Crippen LogP contribution is -2.49. The average molecular weight is 605 g/mol. The Bertz CT molecular complexity index is 1500. The minimum atomic E-state index is -0.287. The van der Waals surface area contributed by atoms with Crippen molar-refractivity contribution in [2.24, 2.45) is 5.92 Å². The third kappa shape index (κ3) is 7.12. The number of ether oxygens (including phenoxy) is 1. The van der Waals surface area contributed by atoms with Crippen LogP contribution in [0.25, 0.3) is 11.0 Å². The van der Waals surface area contributed by atoms with Crippen molar-refractivity contribution in [3.05, 3.63) is 41.6 Å². The molecule has 12 heteroatoms. The van der Waals surface area contributed by atoms with E-state index in [2.05, 4.69) is 43.8 Å². The van der Waals surface area contributed by atoms with E-state index in [1.165, 1.54) is 4.90 Å². The van der Waals surface area contributed by atoms with E-state index in [1.54, 1.807) is 14.0 Å². The fourth-order valence-corrected chi connectivity index (χ4v) is 6.06. The summed E-state index contributed by atoms with van der Waals surface area (Å²) in [5.74, 6) is 1.15. The van der Waals surface area contributed by atoms with Gasteiger partial charge >= 0.3 is 0 Å². The number of methoxy groups -OCH3 is 1. The Morgan fingerprint density at radius 3 is 2.59 bits per heavy atom. The normalized spacial score (nSPS) is 17.6. The van der Waals surface area contributed by atoms with Crippen LogP contribution >= 0.6 is 0 Å². The quantitative estimate of drug-likeness (QED) is 0.223. The first-order chi connectivity index (χ1) is 21.3. The molecule has 4 heterocycles. The third-order valence-corrected chi connectivity index (χ3v) is 8.54. The van der Waals surface area contributed by atoms with Gasteiger partial charge in [-0.15, -0.1) is 0 Å². The number of carbonyl (C=O) groups excluding carboxylic acids is 3. The first-order valence-electron chi connectivity index (χ1n) is 15.6. The molecule has 3 N–H and O–H groups in total. The number of aromatic nitrogens is 3. The van der Waals surface area contributed by atoms with E-state index in [-0.39, 0.29) is 49.0 Å². The second-order valence-electron chi connectivity index (χ2n) is 11.8. The highest BCUT2D eigenvalue weighted by Crippen LogP contribution is 2.28. The zero-order chi connectivity index (χ0) is 31.2. The minimum Gasteiger partial charge on any atom is -0.496 e. The number of fused-ring (bicyclic) bond motifs is 1. The summed E-state index contributed by atoms with van der Waals surface area (Å²) in [6.07, 6.45) is 5.77. The monoisotopic (exact) mass is 604 g/mol. The lowest BCUT2D eigenvalue weighted by molar-refractivity contribution is -0.140. The van der Waals surface area contributed by atoms with Crippen LogP contribution in [0.4, 0.5) is 11.8 Å². The topological polar surface area (TPSA) is 139 Å². The van der Waals surface area contributed by atoms with Gasteiger partial charge in [0.25, 0.3) is 0 Å². The number of nitrogen functional groups attached to an aromatic ring is 1. The van der Waals surface area contributed by atoms with Crippen LogP contribution in [0.1, 0.15) is 57.1 Å². The number of imide groups is 1. The van der Waals surface area contributed by atoms with E-state index in [4.69, 9.17) is 10.5 Å². The standard InChI is InChI=1S/C32H44N8O4/c1-4-5-6-11-34-30-29-25(35-32(33)36-30)9-12-39(29)21-24-19-23(7-8-26(24)44-3)20-37-14-16-38(17-15-37)27(41)10-13-40-28(42)18-22(2)31(40)43/h7-9,12,19,22H,4-6,10-11,13-18,20-21H2,1-3H3,(H3,33,34,35,36). The van der Waals surface area contributed by atoms with Gasteiger partial charge < -0.3 is 25.3 Å². The van der Waals surface area contributed by atoms with Crippen LogP contribution in [-0.2, 0) is 27.5 Å². The number of nitrogens with zero attached hydrogens (tertiary/aromatic N) is 6. The lowest BCUT2D eigenvalue weighted by Gasteiger charge is -2.35. The molecule has 0 bridgehead atoms. The van der Waals surface area contributed by atoms with Gasteiger partial charge in [0.15, 0.2) is 5.82 Å². The zero-order valence-corrected chi connectivity index (χ0v) is 26.1. The number of piperazine rings is 1. The second kappa shape index (κ2) is 14.1. The molecular formula is C32H44N8O4. The number of carbonyl (C=O) groups is 3. The van der Waals surface area contributed by atoms with Crippen molar-refractivity contribution in [3.8, 4) is 5.75 Å². The fourth-order valence-electron chi connectivity index (χ4n) is 6.06. The van der Waals surface area contributed by atoms with Gasteiger partial charge in [0, 0.05) is 76.3 Å². The van der Waals surface area contributed by atoms with Crippen molar-refractivity contribution in [2.45, 2.75) is 59.0 Å². The van der Waals surface area contributed by atoms with Gasteiger partial charge in [-0.3, -0.25) is 24.2 Å². The first-order valence-corrected chi connectivity index (χ1v) is 15.6. The Morgan fingerprint density at radius 1 is 1.09 bits per heavy atom. The molecule has 0 aliphatic carbocycles. The van der Waals surface area contributed by atoms with E-state index in [1.807, 2.05) is 23.2 Å². The molecule has 2 fully saturated rings. The summed E-state index contributed by atoms with van der Waals surface area (Å²) in [4.78, 5) is 51.4. The smallest absolute Gasteiger partial charge is 0.232 e. The highest BCUT2D eigenvalue weighted by atomic mass is 16.5. The largest absolute Gasteiger partial charge is 0.496 e. The number of likely N-dealkylation sites (tertiary alicyclic amines) is 1. The number of nitrogens with two attached hydrogens (primary N) is 1. The SMILES string of the molecule is CCCCCNc1nc(N)nc2ccn(Cc3cc(CN4CCN(C(=O)CCN5C(=O)CC(C)C5=O)CC4)ccc3OC)c12. The molecule has 1 atom stereocenters. The zero-order valence-electron chi connectivity index (χ0n) is 26.1. The lowest BCUT2D eigenvalue weighted by atomic mass is 10.1. The molecule has 236 valence electrons. The Hall–Kier alpha value is -4.19. The van der Waals surface area contributed by atoms with Crippen molar-refractivity contribution in [1.29, 1.82) is 0 Å². The summed E-state index contributed by atoms with van der Waals surface area (Å²) >= 11 is 0. The van der Waals surface area contributed by atoms with Crippen LogP contribution in [0.15, 0.2) is 30.5 Å². The van der Waals surface area contributed by atoms with Crippen molar-refractivity contribution in [1.82, 2.24) is 29.2 Å². The molecule has 3 aromatic rings. The number of unbranched alkanes of at least 4 members (excludes halogenated alkanes) is 2. The average Bonchev–Trinajstić information content (AvgIpc) is 3.52. The van der Waals surface area contributed by atoms with E-state index >= 15 is 0 Å². The first kappa shape index (κ1) is 31.2. The van der Waals surface area contributed by atoms with Crippen molar-refractivity contribution in [3.63, 3.8) is 0 Å². The maximum atomic E-state index is 12.8. The van der Waals surface area contributed by atoms with Crippen molar-refractivity contribution >= 4 is 40.5 Å².